The summed E-state index contributed by atoms with van der Waals surface area (Å²) in [6, 6.07) is 66.4. The molecule has 8 rings (SSSR count). The van der Waals surface area contributed by atoms with E-state index < -0.39 is 0 Å². The van der Waals surface area contributed by atoms with Gasteiger partial charge in [-0.05, 0) is 182 Å². The van der Waals surface area contributed by atoms with Crippen molar-refractivity contribution in [1.29, 1.82) is 0 Å². The van der Waals surface area contributed by atoms with Crippen molar-refractivity contribution in [3.8, 4) is 66.8 Å². The van der Waals surface area contributed by atoms with E-state index in [0.717, 1.165) is 0 Å². The Hall–Kier alpha value is -5.54. The number of rotatable bonds is 11. The second-order valence-corrected chi connectivity index (χ2v) is 31.4. The lowest BCUT2D eigenvalue weighted by molar-refractivity contribution is 0.590. The fourth-order valence-corrected chi connectivity index (χ4v) is 13.1. The van der Waals surface area contributed by atoms with Crippen molar-refractivity contribution in [2.24, 2.45) is 0 Å². The van der Waals surface area contributed by atoms with Gasteiger partial charge in [-0.25, -0.2) is 0 Å². The molecule has 0 aliphatic rings. The smallest absolute Gasteiger partial charge is 0.0379 e. The van der Waals surface area contributed by atoms with Gasteiger partial charge >= 0.3 is 0 Å². The molecule has 8 aromatic rings. The van der Waals surface area contributed by atoms with Gasteiger partial charge in [0, 0.05) is 10.5 Å². The van der Waals surface area contributed by atoms with E-state index in [9.17, 15) is 0 Å². The predicted molar refractivity (Wildman–Crippen MR) is 350 cm³/mol. The van der Waals surface area contributed by atoms with Crippen molar-refractivity contribution < 1.29 is 0 Å². The molecule has 0 aliphatic carbocycles. The van der Waals surface area contributed by atoms with Crippen LogP contribution in [0.5, 0.6) is 0 Å². The molecule has 2 heteroatoms. The second kappa shape index (κ2) is 22.2. The molecule has 0 aromatic heterocycles. The Balaban J connectivity index is 1.29. The summed E-state index contributed by atoms with van der Waals surface area (Å²) < 4.78 is 0. The molecule has 8 aromatic carbocycles. The zero-order valence-corrected chi connectivity index (χ0v) is 52.8. The normalized spacial score (nSPS) is 13.6. The minimum atomic E-state index is 0.0542. The maximum atomic E-state index is 2.54. The van der Waals surface area contributed by atoms with Gasteiger partial charge in [0.15, 0.2) is 0 Å². The number of hydrogen-bond donors (Lipinski definition) is 0. The van der Waals surface area contributed by atoms with E-state index in [-0.39, 0.29) is 43.0 Å². The summed E-state index contributed by atoms with van der Waals surface area (Å²) in [4.78, 5) is 0. The van der Waals surface area contributed by atoms with E-state index in [2.05, 4.69) is 308 Å². The topological polar surface area (TPSA) is 0 Å². The van der Waals surface area contributed by atoms with Crippen molar-refractivity contribution in [2.75, 3.05) is 0 Å². The standard InChI is InChI=1S/C76H90S2/c1-49(63-45-67(53-25-37-59(38-26-53)73(9,10)11)69(55-29-41-61(42-30-55)75(15,16)17)47-65(63)51-21-33-57(34-22-51)71(3,4)5)77-78-50(2)64-46-68(54-27-39-60(40-28-54)74(12,13)14)70(56-31-43-62(44-32-56)76(18,19)20)48-66(64)52-23-35-58(36-24-52)72(6,7)8/h21-50H,1-20H3/t49-,50-/m1/s1. The molecule has 0 N–H and O–H groups in total. The van der Waals surface area contributed by atoms with Crippen LogP contribution in [0.1, 0.15) is 193 Å². The monoisotopic (exact) mass is 1070 g/mol. The first-order valence-corrected chi connectivity index (χ1v) is 30.9. The third kappa shape index (κ3) is 13.4. The predicted octanol–water partition coefficient (Wildman–Crippen LogP) is 23.7. The van der Waals surface area contributed by atoms with Crippen LogP contribution in [-0.4, -0.2) is 0 Å². The molecular formula is C76H90S2. The maximum Gasteiger partial charge on any atom is 0.0379 e. The number of benzene rings is 8. The lowest BCUT2D eigenvalue weighted by Crippen LogP contribution is -2.11. The van der Waals surface area contributed by atoms with Crippen molar-refractivity contribution in [3.63, 3.8) is 0 Å². The highest BCUT2D eigenvalue weighted by atomic mass is 33.1. The van der Waals surface area contributed by atoms with Gasteiger partial charge in [0.1, 0.15) is 0 Å². The first-order chi connectivity index (χ1) is 36.3. The number of hydrogen-bond acceptors (Lipinski definition) is 2. The van der Waals surface area contributed by atoms with Crippen LogP contribution in [0.15, 0.2) is 170 Å². The van der Waals surface area contributed by atoms with Gasteiger partial charge in [0.2, 0.25) is 0 Å². The molecule has 406 valence electrons. The van der Waals surface area contributed by atoms with Crippen molar-refractivity contribution in [3.05, 3.63) is 214 Å². The Morgan fingerprint density at radius 2 is 0.372 bits per heavy atom. The molecule has 2 atom stereocenters. The molecule has 0 bridgehead atoms. The molecular weight excluding hydrogens is 977 g/mol. The molecule has 0 fully saturated rings. The van der Waals surface area contributed by atoms with E-state index in [1.54, 1.807) is 0 Å². The van der Waals surface area contributed by atoms with Crippen LogP contribution in [0, 0.1) is 0 Å². The Kier molecular flexibility index (Phi) is 16.7. The minimum absolute atomic E-state index is 0.0542. The first-order valence-electron chi connectivity index (χ1n) is 28.6. The van der Waals surface area contributed by atoms with E-state index in [1.165, 1.54) is 111 Å². The highest BCUT2D eigenvalue weighted by Gasteiger charge is 2.26. The summed E-state index contributed by atoms with van der Waals surface area (Å²) in [6.07, 6.45) is 0. The highest BCUT2D eigenvalue weighted by Crippen LogP contribution is 2.53. The Morgan fingerprint density at radius 1 is 0.218 bits per heavy atom. The first kappa shape index (κ1) is 58.6. The summed E-state index contributed by atoms with van der Waals surface area (Å²) >= 11 is 0. The molecule has 0 saturated carbocycles. The Morgan fingerprint density at radius 3 is 0.538 bits per heavy atom. The van der Waals surface area contributed by atoms with Gasteiger partial charge in [-0.1, -0.05) is 292 Å². The Bertz CT molecular complexity index is 3100. The van der Waals surface area contributed by atoms with Crippen LogP contribution < -0.4 is 0 Å². The van der Waals surface area contributed by atoms with Crippen LogP contribution >= 0.6 is 21.6 Å². The van der Waals surface area contributed by atoms with E-state index >= 15 is 0 Å². The summed E-state index contributed by atoms with van der Waals surface area (Å²) in [5.41, 5.74) is 26.2. The summed E-state index contributed by atoms with van der Waals surface area (Å²) in [6.45, 7) is 46.3. The third-order valence-electron chi connectivity index (χ3n) is 16.0. The summed E-state index contributed by atoms with van der Waals surface area (Å²) in [5, 5.41) is 0.304. The largest absolute Gasteiger partial charge is 0.0856 e. The molecule has 78 heavy (non-hydrogen) atoms. The highest BCUT2D eigenvalue weighted by molar-refractivity contribution is 8.76. The Labute approximate surface area is 481 Å². The molecule has 0 unspecified atom stereocenters. The molecule has 0 heterocycles. The second-order valence-electron chi connectivity index (χ2n) is 28.4. The van der Waals surface area contributed by atoms with E-state index in [4.69, 9.17) is 0 Å². The molecule has 0 radical (unpaired) electrons. The van der Waals surface area contributed by atoms with Crippen LogP contribution in [-0.2, 0) is 32.5 Å². The van der Waals surface area contributed by atoms with Crippen LogP contribution in [0.2, 0.25) is 0 Å². The molecule has 0 spiro atoms. The summed E-state index contributed by atoms with van der Waals surface area (Å²) in [7, 11) is 4.00. The SMILES string of the molecule is C[C@@H](SS[C@H](C)c1cc(-c2ccc(C(C)(C)C)cc2)c(-c2ccc(C(C)(C)C)cc2)cc1-c1ccc(C(C)(C)C)cc1)c1cc(-c2ccc(C(C)(C)C)cc2)c(-c2ccc(C(C)(C)C)cc2)cc1-c1ccc(C(C)(C)C)cc1. The summed E-state index contributed by atoms with van der Waals surface area (Å²) in [5.74, 6) is 0. The van der Waals surface area contributed by atoms with E-state index in [0.29, 0.717) is 0 Å². The average molecular weight is 1070 g/mol. The molecule has 0 saturated heterocycles. The average Bonchev–Trinajstić information content (AvgIpc) is 3.50. The van der Waals surface area contributed by atoms with Gasteiger partial charge < -0.3 is 0 Å². The quantitative estimate of drug-likeness (QED) is 0.118. The van der Waals surface area contributed by atoms with Gasteiger partial charge in [-0.3, -0.25) is 0 Å². The van der Waals surface area contributed by atoms with Crippen LogP contribution in [0.4, 0.5) is 0 Å². The lowest BCUT2D eigenvalue weighted by Gasteiger charge is -2.26. The minimum Gasteiger partial charge on any atom is -0.0856 e. The molecule has 0 amide bonds. The third-order valence-corrected chi connectivity index (χ3v) is 19.2. The van der Waals surface area contributed by atoms with Gasteiger partial charge in [-0.2, -0.15) is 0 Å². The van der Waals surface area contributed by atoms with Gasteiger partial charge in [0.25, 0.3) is 0 Å². The molecule has 0 nitrogen and oxygen atoms in total. The maximum absolute atomic E-state index is 2.54. The fourth-order valence-electron chi connectivity index (χ4n) is 10.5. The van der Waals surface area contributed by atoms with Gasteiger partial charge in [0.05, 0.1) is 0 Å². The van der Waals surface area contributed by atoms with Crippen molar-refractivity contribution in [1.82, 2.24) is 0 Å². The molecule has 0 aliphatic heterocycles. The zero-order valence-electron chi connectivity index (χ0n) is 51.1. The fraction of sp³-hybridized carbons (Fsp3) is 0.368. The van der Waals surface area contributed by atoms with E-state index in [1.807, 2.05) is 21.6 Å². The van der Waals surface area contributed by atoms with Crippen LogP contribution in [0.25, 0.3) is 66.8 Å². The zero-order chi connectivity index (χ0) is 56.9. The van der Waals surface area contributed by atoms with Gasteiger partial charge in [-0.15, -0.1) is 0 Å². The van der Waals surface area contributed by atoms with Crippen LogP contribution in [0.3, 0.4) is 0 Å². The van der Waals surface area contributed by atoms with Crippen molar-refractivity contribution >= 4 is 21.6 Å². The van der Waals surface area contributed by atoms with Crippen molar-refractivity contribution in [2.45, 2.75) is 181 Å². The lowest BCUT2D eigenvalue weighted by atomic mass is 9.82.